The minimum atomic E-state index is 0.403. The van der Waals surface area contributed by atoms with Crippen LogP contribution in [-0.2, 0) is 13.1 Å². The number of hydrogen-bond donors (Lipinski definition) is 2. The lowest BCUT2D eigenvalue weighted by atomic mass is 9.94. The van der Waals surface area contributed by atoms with Gasteiger partial charge in [0.2, 0.25) is 0 Å². The minimum Gasteiger partial charge on any atom is -0.478 e. The first-order valence-electron chi connectivity index (χ1n) is 11.6. The first-order valence-corrected chi connectivity index (χ1v) is 12.7. The van der Waals surface area contributed by atoms with Crippen molar-refractivity contribution in [3.05, 3.63) is 46.5 Å². The van der Waals surface area contributed by atoms with Gasteiger partial charge in [0.15, 0.2) is 0 Å². The Morgan fingerprint density at radius 2 is 1.16 bits per heavy atom. The van der Waals surface area contributed by atoms with Gasteiger partial charge in [-0.05, 0) is 73.2 Å². The maximum Gasteiger partial charge on any atom is 0.142 e. The molecule has 2 aliphatic heterocycles. The van der Waals surface area contributed by atoms with Crippen LogP contribution in [0, 0.1) is 13.8 Å². The van der Waals surface area contributed by atoms with Crippen LogP contribution in [0.5, 0.6) is 11.5 Å². The Kier molecular flexibility index (Phi) is 7.65. The van der Waals surface area contributed by atoms with Gasteiger partial charge in [0.25, 0.3) is 0 Å². The van der Waals surface area contributed by atoms with E-state index < -0.39 is 0 Å². The third-order valence-corrected chi connectivity index (χ3v) is 6.85. The van der Waals surface area contributed by atoms with Crippen molar-refractivity contribution >= 4 is 25.3 Å². The molecule has 6 heteroatoms. The van der Waals surface area contributed by atoms with Gasteiger partial charge >= 0.3 is 0 Å². The lowest BCUT2D eigenvalue weighted by molar-refractivity contribution is 0.0936. The molecule has 0 bridgehead atoms. The van der Waals surface area contributed by atoms with E-state index in [0.717, 1.165) is 50.5 Å². The predicted molar refractivity (Wildman–Crippen MR) is 139 cm³/mol. The summed E-state index contributed by atoms with van der Waals surface area (Å²) in [5, 5.41) is 0.807. The Balaban J connectivity index is 1.58. The summed E-state index contributed by atoms with van der Waals surface area (Å²) in [7, 11) is 0. The molecule has 0 N–H and O–H groups in total. The van der Waals surface area contributed by atoms with Crippen LogP contribution in [0.15, 0.2) is 24.3 Å². The van der Waals surface area contributed by atoms with Crippen LogP contribution in [0.1, 0.15) is 48.9 Å². The summed E-state index contributed by atoms with van der Waals surface area (Å²) in [6.07, 6.45) is 2.12. The second-order valence-electron chi connectivity index (χ2n) is 9.49. The van der Waals surface area contributed by atoms with E-state index in [4.69, 9.17) is 9.47 Å². The van der Waals surface area contributed by atoms with Gasteiger partial charge in [-0.15, -0.1) is 0 Å². The van der Waals surface area contributed by atoms with Crippen LogP contribution >= 0.6 is 25.3 Å². The van der Waals surface area contributed by atoms with Crippen LogP contribution in [0.2, 0.25) is 0 Å². The van der Waals surface area contributed by atoms with Gasteiger partial charge in [0, 0.05) is 47.8 Å². The number of thiol groups is 2. The number of benzene rings is 2. The zero-order valence-corrected chi connectivity index (χ0v) is 21.5. The molecule has 2 aromatic rings. The molecule has 0 saturated carbocycles. The fourth-order valence-electron chi connectivity index (χ4n) is 4.59. The predicted octanol–water partition coefficient (Wildman–Crippen LogP) is 5.69. The molecule has 2 aliphatic rings. The zero-order valence-electron chi connectivity index (χ0n) is 19.7. The maximum atomic E-state index is 6.13. The van der Waals surface area contributed by atoms with Crippen LogP contribution in [0.3, 0.4) is 0 Å². The van der Waals surface area contributed by atoms with Crippen molar-refractivity contribution in [2.75, 3.05) is 26.6 Å². The molecule has 2 aromatic carbocycles. The van der Waals surface area contributed by atoms with Crippen molar-refractivity contribution in [3.8, 4) is 22.6 Å². The average Bonchev–Trinajstić information content (AvgIpc) is 2.75. The number of aryl methyl sites for hydroxylation is 2. The molecule has 0 fully saturated rings. The van der Waals surface area contributed by atoms with Crippen molar-refractivity contribution in [1.82, 2.24) is 9.80 Å². The highest BCUT2D eigenvalue weighted by Gasteiger charge is 2.23. The number of fused-ring (bicyclic) bond motifs is 2. The van der Waals surface area contributed by atoms with Crippen LogP contribution < -0.4 is 9.47 Å². The fourth-order valence-corrected chi connectivity index (χ4v) is 4.82. The molecule has 2 unspecified atom stereocenters. The van der Waals surface area contributed by atoms with Crippen molar-refractivity contribution in [1.29, 1.82) is 0 Å². The Labute approximate surface area is 204 Å². The van der Waals surface area contributed by atoms with Crippen molar-refractivity contribution < 1.29 is 9.47 Å². The quantitative estimate of drug-likeness (QED) is 0.506. The van der Waals surface area contributed by atoms with Crippen LogP contribution in [-0.4, -0.2) is 46.9 Å². The molecule has 4 nitrogen and oxygen atoms in total. The summed E-state index contributed by atoms with van der Waals surface area (Å²) in [5.74, 6) is 2.10. The van der Waals surface area contributed by atoms with E-state index in [0.29, 0.717) is 24.0 Å². The molecule has 0 spiro atoms. The van der Waals surface area contributed by atoms with Crippen molar-refractivity contribution in [2.24, 2.45) is 0 Å². The first-order chi connectivity index (χ1) is 15.3. The smallest absolute Gasteiger partial charge is 0.142 e. The standard InChI is InChI=1S/C26H36N2O2S2/c1-17-9-21(11-23-13-27(7-5-19(3)31)15-29-25(17)23)22-10-18(2)26-24(12-22)14-28(16-30-26)8-6-20(4)32/h9-12,19-20,31-32H,5-8,13-16H2,1-4H3. The molecule has 0 saturated heterocycles. The molecule has 174 valence electrons. The van der Waals surface area contributed by atoms with E-state index in [9.17, 15) is 0 Å². The van der Waals surface area contributed by atoms with Gasteiger partial charge in [-0.2, -0.15) is 25.3 Å². The molecular formula is C26H36N2O2S2. The zero-order chi connectivity index (χ0) is 22.8. The molecule has 0 radical (unpaired) electrons. The largest absolute Gasteiger partial charge is 0.478 e. The first kappa shape index (κ1) is 23.8. The van der Waals surface area contributed by atoms with E-state index in [-0.39, 0.29) is 0 Å². The van der Waals surface area contributed by atoms with E-state index >= 15 is 0 Å². The summed E-state index contributed by atoms with van der Waals surface area (Å²) in [6.45, 7) is 13.8. The molecule has 4 rings (SSSR count). The van der Waals surface area contributed by atoms with Gasteiger partial charge in [0.1, 0.15) is 25.0 Å². The van der Waals surface area contributed by atoms with E-state index in [1.807, 2.05) is 0 Å². The van der Waals surface area contributed by atoms with Crippen molar-refractivity contribution in [2.45, 2.75) is 64.1 Å². The summed E-state index contributed by atoms with van der Waals surface area (Å²) in [6, 6.07) is 9.14. The molecule has 0 amide bonds. The molecule has 2 heterocycles. The average molecular weight is 473 g/mol. The fraction of sp³-hybridized carbons (Fsp3) is 0.538. The lowest BCUT2D eigenvalue weighted by Crippen LogP contribution is -2.34. The number of nitrogens with zero attached hydrogens (tertiary/aromatic N) is 2. The molecule has 32 heavy (non-hydrogen) atoms. The minimum absolute atomic E-state index is 0.403. The van der Waals surface area contributed by atoms with E-state index in [1.165, 1.54) is 33.4 Å². The van der Waals surface area contributed by atoms with Gasteiger partial charge in [-0.3, -0.25) is 9.80 Å². The van der Waals surface area contributed by atoms with E-state index in [1.54, 1.807) is 0 Å². The summed E-state index contributed by atoms with van der Waals surface area (Å²) in [5.41, 5.74) is 7.46. The normalized spacial score (nSPS) is 18.3. The second-order valence-corrected chi connectivity index (χ2v) is 11.3. The highest BCUT2D eigenvalue weighted by molar-refractivity contribution is 7.81. The molecular weight excluding hydrogens is 436 g/mol. The highest BCUT2D eigenvalue weighted by atomic mass is 32.1. The summed E-state index contributed by atoms with van der Waals surface area (Å²) >= 11 is 9.05. The number of rotatable bonds is 7. The summed E-state index contributed by atoms with van der Waals surface area (Å²) < 4.78 is 12.3. The topological polar surface area (TPSA) is 24.9 Å². The third-order valence-electron chi connectivity index (χ3n) is 6.33. The molecule has 0 aliphatic carbocycles. The van der Waals surface area contributed by atoms with Gasteiger partial charge < -0.3 is 9.47 Å². The Morgan fingerprint density at radius 1 is 0.750 bits per heavy atom. The Bertz CT molecular complexity index is 884. The third kappa shape index (κ3) is 5.58. The second kappa shape index (κ2) is 10.3. The van der Waals surface area contributed by atoms with Gasteiger partial charge in [-0.25, -0.2) is 0 Å². The SMILES string of the molecule is Cc1cc(-c2cc(C)c3c(c2)CN(CCC(C)S)CO3)cc2c1OCN(CCC(C)S)C2. The van der Waals surface area contributed by atoms with Crippen molar-refractivity contribution in [3.63, 3.8) is 0 Å². The summed E-state index contributed by atoms with van der Waals surface area (Å²) in [4.78, 5) is 4.73. The Morgan fingerprint density at radius 3 is 1.53 bits per heavy atom. The molecule has 0 aromatic heterocycles. The van der Waals surface area contributed by atoms with E-state index in [2.05, 4.69) is 87.0 Å². The Hall–Kier alpha value is -1.34. The van der Waals surface area contributed by atoms with Gasteiger partial charge in [0.05, 0.1) is 0 Å². The van der Waals surface area contributed by atoms with Crippen LogP contribution in [0.25, 0.3) is 11.1 Å². The monoisotopic (exact) mass is 472 g/mol. The number of hydrogen-bond acceptors (Lipinski definition) is 6. The molecule has 2 atom stereocenters. The van der Waals surface area contributed by atoms with Gasteiger partial charge in [-0.1, -0.05) is 13.8 Å². The number of ether oxygens (including phenoxy) is 2. The lowest BCUT2D eigenvalue weighted by Gasteiger charge is -2.32. The van der Waals surface area contributed by atoms with Crippen LogP contribution in [0.4, 0.5) is 0 Å². The maximum absolute atomic E-state index is 6.13. The highest BCUT2D eigenvalue weighted by Crippen LogP contribution is 2.38.